The fourth-order valence-electron chi connectivity index (χ4n) is 5.39. The van der Waals surface area contributed by atoms with Crippen LogP contribution in [0.2, 0.25) is 0 Å². The Labute approximate surface area is 242 Å². The Bertz CT molecular complexity index is 2160. The molecule has 0 atom stereocenters. The molecule has 0 aliphatic heterocycles. The highest BCUT2D eigenvalue weighted by atomic mass is 14.9. The molecular formula is C37H23N5. The molecule has 0 bridgehead atoms. The molecular weight excluding hydrogens is 514 g/mol. The summed E-state index contributed by atoms with van der Waals surface area (Å²) in [5, 5.41) is 6.73. The maximum Gasteiger partial charge on any atom is 0.160 e. The zero-order valence-electron chi connectivity index (χ0n) is 22.5. The highest BCUT2D eigenvalue weighted by molar-refractivity contribution is 5.89. The smallest absolute Gasteiger partial charge is 0.160 e. The molecule has 0 N–H and O–H groups in total. The minimum atomic E-state index is 0.671. The number of benzene rings is 4. The maximum atomic E-state index is 5.06. The molecule has 5 heteroatoms. The molecule has 0 aliphatic rings. The monoisotopic (exact) mass is 537 g/mol. The van der Waals surface area contributed by atoms with Crippen LogP contribution < -0.4 is 0 Å². The number of pyridine rings is 3. The Balaban J connectivity index is 1.25. The fourth-order valence-corrected chi connectivity index (χ4v) is 5.39. The van der Waals surface area contributed by atoms with Crippen LogP contribution in [0.15, 0.2) is 140 Å². The Hall–Kier alpha value is -5.81. The van der Waals surface area contributed by atoms with Gasteiger partial charge in [-0.05, 0) is 52.6 Å². The van der Waals surface area contributed by atoms with Gasteiger partial charge in [0, 0.05) is 69.4 Å². The van der Waals surface area contributed by atoms with Gasteiger partial charge in [0.1, 0.15) is 0 Å². The molecule has 8 aromatic rings. The van der Waals surface area contributed by atoms with Crippen molar-refractivity contribution in [3.05, 3.63) is 140 Å². The van der Waals surface area contributed by atoms with E-state index in [1.54, 1.807) is 0 Å². The first-order valence-electron chi connectivity index (χ1n) is 13.8. The van der Waals surface area contributed by atoms with Gasteiger partial charge in [-0.2, -0.15) is 0 Å². The van der Waals surface area contributed by atoms with Gasteiger partial charge in [-0.25, -0.2) is 9.97 Å². The third kappa shape index (κ3) is 4.43. The average Bonchev–Trinajstić information content (AvgIpc) is 3.07. The highest BCUT2D eigenvalue weighted by Gasteiger charge is 2.12. The van der Waals surface area contributed by atoms with Crippen LogP contribution in [0, 0.1) is 0 Å². The second-order valence-corrected chi connectivity index (χ2v) is 10.3. The fraction of sp³-hybridized carbons (Fsp3) is 0. The van der Waals surface area contributed by atoms with Crippen molar-refractivity contribution >= 4 is 32.3 Å². The normalized spacial score (nSPS) is 11.3. The molecule has 0 amide bonds. The number of hydrogen-bond acceptors (Lipinski definition) is 5. The van der Waals surface area contributed by atoms with Crippen LogP contribution in [0.1, 0.15) is 0 Å². The summed E-state index contributed by atoms with van der Waals surface area (Å²) >= 11 is 0. The summed E-state index contributed by atoms with van der Waals surface area (Å²) in [6.45, 7) is 0. The molecule has 196 valence electrons. The topological polar surface area (TPSA) is 64.5 Å². The summed E-state index contributed by atoms with van der Waals surface area (Å²) in [6, 6.07) is 37.6. The average molecular weight is 538 g/mol. The van der Waals surface area contributed by atoms with Crippen molar-refractivity contribution in [2.75, 3.05) is 0 Å². The van der Waals surface area contributed by atoms with Crippen molar-refractivity contribution in [1.29, 1.82) is 0 Å². The highest BCUT2D eigenvalue weighted by Crippen LogP contribution is 2.31. The second kappa shape index (κ2) is 9.98. The quantitative estimate of drug-likeness (QED) is 0.224. The first kappa shape index (κ1) is 24.0. The second-order valence-electron chi connectivity index (χ2n) is 10.3. The van der Waals surface area contributed by atoms with Crippen LogP contribution >= 0.6 is 0 Å². The minimum absolute atomic E-state index is 0.671. The largest absolute Gasteiger partial charge is 0.264 e. The van der Waals surface area contributed by atoms with Gasteiger partial charge in [-0.1, -0.05) is 72.8 Å². The van der Waals surface area contributed by atoms with E-state index in [0.717, 1.165) is 66.3 Å². The standard InChI is InChI=1S/C37H23N5/c1-2-4-31-23-40-34(19-26(31)3-1)24-5-7-25(8-6-24)37-41-35(29-9-11-32-21-38-15-13-27(32)17-29)20-36(42-37)30-10-12-33-22-39-16-14-28(33)18-30/h1-23H. The summed E-state index contributed by atoms with van der Waals surface area (Å²) in [5.74, 6) is 0.671. The van der Waals surface area contributed by atoms with Gasteiger partial charge >= 0.3 is 0 Å². The number of rotatable bonds is 4. The first-order chi connectivity index (χ1) is 20.8. The van der Waals surface area contributed by atoms with Gasteiger partial charge in [-0.3, -0.25) is 15.0 Å². The van der Waals surface area contributed by atoms with Crippen molar-refractivity contribution in [3.63, 3.8) is 0 Å². The van der Waals surface area contributed by atoms with Gasteiger partial charge in [-0.15, -0.1) is 0 Å². The molecule has 0 fully saturated rings. The molecule has 4 heterocycles. The Morgan fingerprint density at radius 3 is 1.52 bits per heavy atom. The minimum Gasteiger partial charge on any atom is -0.264 e. The van der Waals surface area contributed by atoms with Crippen molar-refractivity contribution in [2.24, 2.45) is 0 Å². The van der Waals surface area contributed by atoms with Gasteiger partial charge < -0.3 is 0 Å². The van der Waals surface area contributed by atoms with Gasteiger partial charge in [0.25, 0.3) is 0 Å². The van der Waals surface area contributed by atoms with Crippen LogP contribution in [0.4, 0.5) is 0 Å². The number of aromatic nitrogens is 5. The number of hydrogen-bond donors (Lipinski definition) is 0. The zero-order valence-corrected chi connectivity index (χ0v) is 22.5. The van der Waals surface area contributed by atoms with E-state index in [2.05, 4.69) is 101 Å². The molecule has 0 saturated carbocycles. The lowest BCUT2D eigenvalue weighted by Gasteiger charge is -2.11. The van der Waals surface area contributed by atoms with Gasteiger partial charge in [0.2, 0.25) is 0 Å². The van der Waals surface area contributed by atoms with E-state index in [9.17, 15) is 0 Å². The Morgan fingerprint density at radius 1 is 0.357 bits per heavy atom. The Kier molecular flexibility index (Phi) is 5.71. The lowest BCUT2D eigenvalue weighted by Crippen LogP contribution is -1.96. The van der Waals surface area contributed by atoms with E-state index in [4.69, 9.17) is 15.0 Å². The van der Waals surface area contributed by atoms with Crippen LogP contribution in [0.5, 0.6) is 0 Å². The Morgan fingerprint density at radius 2 is 0.881 bits per heavy atom. The van der Waals surface area contributed by atoms with Crippen molar-refractivity contribution in [3.8, 4) is 45.2 Å². The van der Waals surface area contributed by atoms with E-state index < -0.39 is 0 Å². The predicted molar refractivity (Wildman–Crippen MR) is 170 cm³/mol. The SMILES string of the molecule is c1ccc2cc(-c3ccc(-c4nc(-c5ccc6cnccc6c5)cc(-c5ccc6cnccc6c5)n4)cc3)ncc2c1. The van der Waals surface area contributed by atoms with E-state index >= 15 is 0 Å². The number of fused-ring (bicyclic) bond motifs is 3. The molecule has 8 rings (SSSR count). The van der Waals surface area contributed by atoms with Crippen molar-refractivity contribution < 1.29 is 0 Å². The molecule has 0 saturated heterocycles. The number of nitrogens with zero attached hydrogens (tertiary/aromatic N) is 5. The molecule has 4 aromatic carbocycles. The third-order valence-electron chi connectivity index (χ3n) is 7.67. The molecule has 0 aliphatic carbocycles. The van der Waals surface area contributed by atoms with Crippen LogP contribution in [-0.2, 0) is 0 Å². The summed E-state index contributed by atoms with van der Waals surface area (Å²) in [4.78, 5) is 23.3. The lowest BCUT2D eigenvalue weighted by molar-refractivity contribution is 1.18. The van der Waals surface area contributed by atoms with Crippen molar-refractivity contribution in [2.45, 2.75) is 0 Å². The maximum absolute atomic E-state index is 5.06. The molecule has 4 aromatic heterocycles. The summed E-state index contributed by atoms with van der Waals surface area (Å²) in [5.41, 5.74) is 6.71. The predicted octanol–water partition coefficient (Wildman–Crippen LogP) is 8.79. The van der Waals surface area contributed by atoms with E-state index in [1.165, 1.54) is 5.39 Å². The van der Waals surface area contributed by atoms with E-state index in [1.807, 2.05) is 49.2 Å². The van der Waals surface area contributed by atoms with Crippen LogP contribution in [-0.4, -0.2) is 24.9 Å². The van der Waals surface area contributed by atoms with Crippen LogP contribution in [0.25, 0.3) is 77.5 Å². The molecule has 0 radical (unpaired) electrons. The summed E-state index contributed by atoms with van der Waals surface area (Å²) < 4.78 is 0. The van der Waals surface area contributed by atoms with E-state index in [0.29, 0.717) is 5.82 Å². The van der Waals surface area contributed by atoms with Crippen molar-refractivity contribution in [1.82, 2.24) is 24.9 Å². The zero-order chi connectivity index (χ0) is 27.9. The van der Waals surface area contributed by atoms with Gasteiger partial charge in [0.15, 0.2) is 5.82 Å². The van der Waals surface area contributed by atoms with Crippen LogP contribution in [0.3, 0.4) is 0 Å². The molecule has 42 heavy (non-hydrogen) atoms. The molecule has 0 unspecified atom stereocenters. The molecule has 5 nitrogen and oxygen atoms in total. The molecule has 0 spiro atoms. The lowest BCUT2D eigenvalue weighted by atomic mass is 10.0. The summed E-state index contributed by atoms with van der Waals surface area (Å²) in [6.07, 6.45) is 9.33. The van der Waals surface area contributed by atoms with Gasteiger partial charge in [0.05, 0.1) is 17.1 Å². The summed E-state index contributed by atoms with van der Waals surface area (Å²) in [7, 11) is 0. The first-order valence-corrected chi connectivity index (χ1v) is 13.8. The van der Waals surface area contributed by atoms with E-state index in [-0.39, 0.29) is 0 Å². The third-order valence-corrected chi connectivity index (χ3v) is 7.67.